The van der Waals surface area contributed by atoms with Gasteiger partial charge >= 0.3 is 0 Å². The number of benzene rings is 1. The molecule has 6 heteroatoms. The summed E-state index contributed by atoms with van der Waals surface area (Å²) in [6.45, 7) is 2.59. The molecule has 0 atom stereocenters. The van der Waals surface area contributed by atoms with Gasteiger partial charge in [-0.1, -0.05) is 0 Å². The van der Waals surface area contributed by atoms with Gasteiger partial charge in [0.25, 0.3) is 5.91 Å². The zero-order valence-corrected chi connectivity index (χ0v) is 14.0. The fourth-order valence-corrected chi connectivity index (χ4v) is 2.85. The Labute approximate surface area is 141 Å². The molecule has 118 valence electrons. The summed E-state index contributed by atoms with van der Waals surface area (Å²) in [4.78, 5) is 12.4. The normalized spacial score (nSPS) is 10.7. The van der Waals surface area contributed by atoms with E-state index in [0.29, 0.717) is 12.2 Å². The lowest BCUT2D eigenvalue weighted by Gasteiger charge is -2.11. The molecule has 0 aliphatic carbocycles. The second-order valence-electron chi connectivity index (χ2n) is 5.04. The van der Waals surface area contributed by atoms with E-state index in [1.54, 1.807) is 22.8 Å². The second-order valence-corrected chi connectivity index (χ2v) is 5.95. The number of nitrogens with one attached hydrogen (secondary N) is 1. The van der Waals surface area contributed by atoms with Gasteiger partial charge in [0.05, 0.1) is 5.69 Å². The largest absolute Gasteiger partial charge is 0.343 e. The highest BCUT2D eigenvalue weighted by atomic mass is 79.9. The van der Waals surface area contributed by atoms with E-state index in [9.17, 15) is 9.18 Å². The van der Waals surface area contributed by atoms with Gasteiger partial charge in [0.1, 0.15) is 11.5 Å². The molecular weight excluding hydrogens is 361 g/mol. The summed E-state index contributed by atoms with van der Waals surface area (Å²) in [7, 11) is 0. The maximum atomic E-state index is 14.0. The molecule has 1 amide bonds. The number of hydrogen-bond donors (Lipinski definition) is 1. The van der Waals surface area contributed by atoms with Gasteiger partial charge in [-0.15, -0.1) is 0 Å². The highest BCUT2D eigenvalue weighted by Crippen LogP contribution is 2.21. The third-order valence-corrected chi connectivity index (χ3v) is 3.97. The molecule has 2 aromatic heterocycles. The molecule has 1 aromatic carbocycles. The molecule has 2 heterocycles. The average Bonchev–Trinajstić information content (AvgIpc) is 3.18. The minimum Gasteiger partial charge on any atom is -0.343 e. The first-order valence-corrected chi connectivity index (χ1v) is 7.97. The second kappa shape index (κ2) is 6.42. The molecule has 0 saturated heterocycles. The van der Waals surface area contributed by atoms with E-state index in [1.165, 1.54) is 6.07 Å². The lowest BCUT2D eigenvalue weighted by Crippen LogP contribution is -2.17. The van der Waals surface area contributed by atoms with Crippen molar-refractivity contribution in [2.24, 2.45) is 0 Å². The van der Waals surface area contributed by atoms with Crippen molar-refractivity contribution >= 4 is 27.5 Å². The molecule has 0 radical (unpaired) electrons. The minimum absolute atomic E-state index is 0.154. The molecule has 3 aromatic rings. The Kier molecular flexibility index (Phi) is 4.34. The smallest absolute Gasteiger partial charge is 0.272 e. The van der Waals surface area contributed by atoms with Gasteiger partial charge in [0.15, 0.2) is 0 Å². The first kappa shape index (κ1) is 15.6. The van der Waals surface area contributed by atoms with Crippen LogP contribution < -0.4 is 5.32 Å². The number of nitrogens with zero attached hydrogens (tertiary/aromatic N) is 2. The zero-order valence-electron chi connectivity index (χ0n) is 12.5. The van der Waals surface area contributed by atoms with E-state index in [2.05, 4.69) is 21.2 Å². The van der Waals surface area contributed by atoms with Crippen LogP contribution in [0, 0.1) is 5.82 Å². The maximum Gasteiger partial charge on any atom is 0.272 e. The molecule has 4 nitrogen and oxygen atoms in total. The van der Waals surface area contributed by atoms with Gasteiger partial charge in [-0.05, 0) is 59.3 Å². The van der Waals surface area contributed by atoms with E-state index in [0.717, 1.165) is 10.2 Å². The summed E-state index contributed by atoms with van der Waals surface area (Å²) in [6, 6.07) is 10.1. The molecule has 1 N–H and O–H groups in total. The summed E-state index contributed by atoms with van der Waals surface area (Å²) in [5, 5.41) is 2.65. The fourth-order valence-electron chi connectivity index (χ4n) is 2.39. The van der Waals surface area contributed by atoms with Crippen molar-refractivity contribution in [3.8, 4) is 5.69 Å². The molecule has 0 spiro atoms. The molecule has 0 fully saturated rings. The molecule has 3 rings (SSSR count). The lowest BCUT2D eigenvalue weighted by molar-refractivity contribution is 0.101. The summed E-state index contributed by atoms with van der Waals surface area (Å²) in [5.74, 6) is -0.816. The van der Waals surface area contributed by atoms with Gasteiger partial charge in [-0.3, -0.25) is 4.79 Å². The van der Waals surface area contributed by atoms with E-state index >= 15 is 0 Å². The van der Waals surface area contributed by atoms with Crippen molar-refractivity contribution in [3.63, 3.8) is 0 Å². The average molecular weight is 376 g/mol. The van der Waals surface area contributed by atoms with Crippen molar-refractivity contribution in [3.05, 3.63) is 71.0 Å². The van der Waals surface area contributed by atoms with Crippen LogP contribution in [0.15, 0.2) is 59.5 Å². The third-order valence-electron chi connectivity index (χ3n) is 3.54. The van der Waals surface area contributed by atoms with Gasteiger partial charge in [0, 0.05) is 35.3 Å². The van der Waals surface area contributed by atoms with Crippen LogP contribution >= 0.6 is 15.9 Å². The highest BCUT2D eigenvalue weighted by Gasteiger charge is 2.15. The van der Waals surface area contributed by atoms with Crippen LogP contribution in [0.5, 0.6) is 0 Å². The molecule has 0 aliphatic rings. The van der Waals surface area contributed by atoms with Crippen LogP contribution in [0.25, 0.3) is 5.69 Å². The SMILES string of the molecule is CCn1cc(Br)cc1C(=O)Nc1cc(-n2cccc2)ccc1F. The van der Waals surface area contributed by atoms with Crippen LogP contribution in [0.4, 0.5) is 10.1 Å². The van der Waals surface area contributed by atoms with Gasteiger partial charge in [0.2, 0.25) is 0 Å². The Morgan fingerprint density at radius 3 is 2.70 bits per heavy atom. The summed E-state index contributed by atoms with van der Waals surface area (Å²) >= 11 is 3.35. The topological polar surface area (TPSA) is 39.0 Å². The molecule has 0 saturated carbocycles. The quantitative estimate of drug-likeness (QED) is 0.718. The molecular formula is C17H15BrFN3O. The predicted molar refractivity (Wildman–Crippen MR) is 91.5 cm³/mol. The minimum atomic E-state index is -0.470. The van der Waals surface area contributed by atoms with E-state index in [-0.39, 0.29) is 11.6 Å². The zero-order chi connectivity index (χ0) is 16.4. The Bertz CT molecular complexity index is 840. The van der Waals surface area contributed by atoms with Gasteiger partial charge in [-0.25, -0.2) is 4.39 Å². The summed E-state index contributed by atoms with van der Waals surface area (Å²) in [5.41, 5.74) is 1.41. The summed E-state index contributed by atoms with van der Waals surface area (Å²) < 4.78 is 18.5. The van der Waals surface area contributed by atoms with Crippen LogP contribution in [-0.4, -0.2) is 15.0 Å². The Morgan fingerprint density at radius 1 is 1.26 bits per heavy atom. The van der Waals surface area contributed by atoms with Crippen molar-refractivity contribution in [1.29, 1.82) is 0 Å². The number of carbonyl (C=O) groups excluding carboxylic acids is 1. The number of amides is 1. The monoisotopic (exact) mass is 375 g/mol. The molecule has 0 aliphatic heterocycles. The Morgan fingerprint density at radius 2 is 2.00 bits per heavy atom. The van der Waals surface area contributed by atoms with Crippen molar-refractivity contribution in [2.75, 3.05) is 5.32 Å². The number of carbonyl (C=O) groups is 1. The lowest BCUT2D eigenvalue weighted by atomic mass is 10.2. The van der Waals surface area contributed by atoms with Crippen molar-refractivity contribution < 1.29 is 9.18 Å². The maximum absolute atomic E-state index is 14.0. The summed E-state index contributed by atoms with van der Waals surface area (Å²) in [6.07, 6.45) is 5.54. The predicted octanol–water partition coefficient (Wildman–Crippen LogP) is 4.45. The van der Waals surface area contributed by atoms with Crippen LogP contribution in [0.3, 0.4) is 0 Å². The molecule has 23 heavy (non-hydrogen) atoms. The number of aryl methyl sites for hydroxylation is 1. The number of anilines is 1. The van der Waals surface area contributed by atoms with E-state index in [1.807, 2.05) is 42.2 Å². The fraction of sp³-hybridized carbons (Fsp3) is 0.118. The third kappa shape index (κ3) is 3.22. The van der Waals surface area contributed by atoms with Crippen LogP contribution in [0.1, 0.15) is 17.4 Å². The van der Waals surface area contributed by atoms with Gasteiger partial charge in [-0.2, -0.15) is 0 Å². The van der Waals surface area contributed by atoms with E-state index in [4.69, 9.17) is 0 Å². The number of aromatic nitrogens is 2. The van der Waals surface area contributed by atoms with Gasteiger partial charge < -0.3 is 14.5 Å². The Hall–Kier alpha value is -2.34. The van der Waals surface area contributed by atoms with Crippen molar-refractivity contribution in [2.45, 2.75) is 13.5 Å². The standard InChI is InChI=1S/C17H15BrFN3O/c1-2-21-11-12(18)9-16(21)17(23)20-15-10-13(5-6-14(15)19)22-7-3-4-8-22/h3-11H,2H2,1H3,(H,20,23). The van der Waals surface area contributed by atoms with Crippen molar-refractivity contribution in [1.82, 2.24) is 9.13 Å². The molecule has 0 unspecified atom stereocenters. The number of rotatable bonds is 4. The number of halogens is 2. The van der Waals surface area contributed by atoms with Crippen LogP contribution in [0.2, 0.25) is 0 Å². The Balaban J connectivity index is 1.90. The molecule has 0 bridgehead atoms. The number of hydrogen-bond acceptors (Lipinski definition) is 1. The first-order valence-electron chi connectivity index (χ1n) is 7.18. The first-order chi connectivity index (χ1) is 11.1. The van der Waals surface area contributed by atoms with E-state index < -0.39 is 5.82 Å². The van der Waals surface area contributed by atoms with Crippen LogP contribution in [-0.2, 0) is 6.54 Å². The highest BCUT2D eigenvalue weighted by molar-refractivity contribution is 9.10.